The SMILES string of the molecule is CC1CCCN(c2cccc(F)c2CCN)CC1. The van der Waals surface area contributed by atoms with Crippen molar-refractivity contribution in [3.8, 4) is 0 Å². The molecule has 0 saturated carbocycles. The monoisotopic (exact) mass is 250 g/mol. The Balaban J connectivity index is 2.23. The zero-order valence-corrected chi connectivity index (χ0v) is 11.2. The van der Waals surface area contributed by atoms with E-state index in [4.69, 9.17) is 5.73 Å². The predicted molar refractivity (Wildman–Crippen MR) is 74.4 cm³/mol. The summed E-state index contributed by atoms with van der Waals surface area (Å²) in [6.45, 7) is 4.86. The summed E-state index contributed by atoms with van der Waals surface area (Å²) in [4.78, 5) is 2.33. The standard InChI is InChI=1S/C15H23FN2/c1-12-4-3-10-18(11-8-12)15-6-2-5-14(16)13(15)7-9-17/h2,5-6,12H,3-4,7-11,17H2,1H3. The molecule has 1 atom stereocenters. The van der Waals surface area contributed by atoms with Crippen molar-refractivity contribution in [2.24, 2.45) is 11.7 Å². The van der Waals surface area contributed by atoms with Gasteiger partial charge in [-0.15, -0.1) is 0 Å². The van der Waals surface area contributed by atoms with Crippen molar-refractivity contribution in [1.82, 2.24) is 0 Å². The van der Waals surface area contributed by atoms with Gasteiger partial charge in [-0.3, -0.25) is 0 Å². The third-order valence-corrected chi connectivity index (χ3v) is 3.85. The van der Waals surface area contributed by atoms with Crippen LogP contribution in [0.1, 0.15) is 31.7 Å². The van der Waals surface area contributed by atoms with Crippen molar-refractivity contribution in [3.05, 3.63) is 29.6 Å². The van der Waals surface area contributed by atoms with Crippen molar-refractivity contribution < 1.29 is 4.39 Å². The van der Waals surface area contributed by atoms with Gasteiger partial charge in [0.05, 0.1) is 0 Å². The summed E-state index contributed by atoms with van der Waals surface area (Å²) in [6, 6.07) is 5.37. The quantitative estimate of drug-likeness (QED) is 0.893. The van der Waals surface area contributed by atoms with Gasteiger partial charge in [-0.1, -0.05) is 13.0 Å². The normalized spacial score (nSPS) is 20.8. The first-order chi connectivity index (χ1) is 8.72. The van der Waals surface area contributed by atoms with E-state index in [9.17, 15) is 4.39 Å². The molecule has 18 heavy (non-hydrogen) atoms. The highest BCUT2D eigenvalue weighted by Gasteiger charge is 2.18. The lowest BCUT2D eigenvalue weighted by Gasteiger charge is -2.25. The van der Waals surface area contributed by atoms with E-state index in [0.717, 1.165) is 30.3 Å². The Kier molecular flexibility index (Phi) is 4.59. The van der Waals surface area contributed by atoms with Gasteiger partial charge < -0.3 is 10.6 Å². The Morgan fingerprint density at radius 2 is 2.17 bits per heavy atom. The Morgan fingerprint density at radius 3 is 2.94 bits per heavy atom. The van der Waals surface area contributed by atoms with Crippen LogP contribution in [-0.4, -0.2) is 19.6 Å². The molecule has 100 valence electrons. The molecule has 1 aliphatic rings. The zero-order valence-electron chi connectivity index (χ0n) is 11.2. The van der Waals surface area contributed by atoms with E-state index in [2.05, 4.69) is 11.8 Å². The van der Waals surface area contributed by atoms with Crippen LogP contribution >= 0.6 is 0 Å². The molecule has 1 unspecified atom stereocenters. The van der Waals surface area contributed by atoms with Gasteiger partial charge >= 0.3 is 0 Å². The average molecular weight is 250 g/mol. The summed E-state index contributed by atoms with van der Waals surface area (Å²) < 4.78 is 13.9. The van der Waals surface area contributed by atoms with Crippen LogP contribution in [0.15, 0.2) is 18.2 Å². The smallest absolute Gasteiger partial charge is 0.128 e. The second-order valence-corrected chi connectivity index (χ2v) is 5.30. The van der Waals surface area contributed by atoms with Crippen molar-refractivity contribution in [1.29, 1.82) is 0 Å². The summed E-state index contributed by atoms with van der Waals surface area (Å²) in [5, 5.41) is 0. The molecule has 2 N–H and O–H groups in total. The third-order valence-electron chi connectivity index (χ3n) is 3.85. The van der Waals surface area contributed by atoms with E-state index < -0.39 is 0 Å². The van der Waals surface area contributed by atoms with Gasteiger partial charge in [0, 0.05) is 24.3 Å². The molecule has 1 aromatic carbocycles. The third kappa shape index (κ3) is 3.02. The summed E-state index contributed by atoms with van der Waals surface area (Å²) in [5.74, 6) is 0.664. The van der Waals surface area contributed by atoms with Crippen LogP contribution in [0.2, 0.25) is 0 Å². The van der Waals surface area contributed by atoms with Crippen molar-refractivity contribution in [3.63, 3.8) is 0 Å². The average Bonchev–Trinajstić information content (AvgIpc) is 2.57. The van der Waals surface area contributed by atoms with E-state index in [0.29, 0.717) is 13.0 Å². The zero-order chi connectivity index (χ0) is 13.0. The highest BCUT2D eigenvalue weighted by atomic mass is 19.1. The highest BCUT2D eigenvalue weighted by Crippen LogP contribution is 2.27. The summed E-state index contributed by atoms with van der Waals surface area (Å²) >= 11 is 0. The van der Waals surface area contributed by atoms with Crippen molar-refractivity contribution in [2.75, 3.05) is 24.5 Å². The second-order valence-electron chi connectivity index (χ2n) is 5.30. The number of benzene rings is 1. The van der Waals surface area contributed by atoms with Gasteiger partial charge in [0.2, 0.25) is 0 Å². The molecule has 0 aliphatic carbocycles. The summed E-state index contributed by atoms with van der Waals surface area (Å²) in [5.41, 5.74) is 7.43. The lowest BCUT2D eigenvalue weighted by Crippen LogP contribution is -2.26. The van der Waals surface area contributed by atoms with Gasteiger partial charge in [0.1, 0.15) is 5.82 Å². The van der Waals surface area contributed by atoms with E-state index in [1.807, 2.05) is 6.07 Å². The first kappa shape index (κ1) is 13.3. The Morgan fingerprint density at radius 1 is 1.33 bits per heavy atom. The van der Waals surface area contributed by atoms with Crippen LogP contribution < -0.4 is 10.6 Å². The van der Waals surface area contributed by atoms with Crippen molar-refractivity contribution in [2.45, 2.75) is 32.6 Å². The minimum atomic E-state index is -0.116. The fourth-order valence-electron chi connectivity index (χ4n) is 2.74. The lowest BCUT2D eigenvalue weighted by molar-refractivity contribution is 0.521. The fourth-order valence-corrected chi connectivity index (χ4v) is 2.74. The van der Waals surface area contributed by atoms with Gasteiger partial charge in [-0.2, -0.15) is 0 Å². The predicted octanol–water partition coefficient (Wildman–Crippen LogP) is 2.95. The molecule has 1 saturated heterocycles. The van der Waals surface area contributed by atoms with E-state index in [1.54, 1.807) is 6.07 Å². The minimum absolute atomic E-state index is 0.116. The Hall–Kier alpha value is -1.09. The van der Waals surface area contributed by atoms with Crippen molar-refractivity contribution >= 4 is 5.69 Å². The number of anilines is 1. The molecule has 1 fully saturated rings. The first-order valence-corrected chi connectivity index (χ1v) is 6.94. The molecule has 0 radical (unpaired) electrons. The highest BCUT2D eigenvalue weighted by molar-refractivity contribution is 5.54. The Bertz CT molecular complexity index is 392. The van der Waals surface area contributed by atoms with Crippen LogP contribution in [0, 0.1) is 11.7 Å². The van der Waals surface area contributed by atoms with E-state index in [1.165, 1.54) is 25.3 Å². The topological polar surface area (TPSA) is 29.3 Å². The maximum Gasteiger partial charge on any atom is 0.128 e. The van der Waals surface area contributed by atoms with Crippen LogP contribution in [0.3, 0.4) is 0 Å². The molecule has 0 amide bonds. The molecule has 0 aromatic heterocycles. The molecule has 3 heteroatoms. The maximum atomic E-state index is 13.9. The number of rotatable bonds is 3. The van der Waals surface area contributed by atoms with E-state index in [-0.39, 0.29) is 5.82 Å². The van der Waals surface area contributed by atoms with Gasteiger partial charge in [-0.05, 0) is 50.3 Å². The van der Waals surface area contributed by atoms with Crippen LogP contribution in [0.4, 0.5) is 10.1 Å². The van der Waals surface area contributed by atoms with Crippen LogP contribution in [0.25, 0.3) is 0 Å². The molecule has 1 aromatic rings. The second kappa shape index (κ2) is 6.19. The lowest BCUT2D eigenvalue weighted by atomic mass is 10.0. The molecular weight excluding hydrogens is 227 g/mol. The van der Waals surface area contributed by atoms with Crippen LogP contribution in [0.5, 0.6) is 0 Å². The molecule has 2 nitrogen and oxygen atoms in total. The summed E-state index contributed by atoms with van der Waals surface area (Å²) in [6.07, 6.45) is 4.28. The molecule has 0 bridgehead atoms. The molecule has 0 spiro atoms. The minimum Gasteiger partial charge on any atom is -0.371 e. The molecule has 2 rings (SSSR count). The number of halogens is 1. The number of nitrogens with zero attached hydrogens (tertiary/aromatic N) is 1. The largest absolute Gasteiger partial charge is 0.371 e. The van der Waals surface area contributed by atoms with Gasteiger partial charge in [0.15, 0.2) is 0 Å². The van der Waals surface area contributed by atoms with Gasteiger partial charge in [-0.25, -0.2) is 4.39 Å². The fraction of sp³-hybridized carbons (Fsp3) is 0.600. The number of nitrogens with two attached hydrogens (primary N) is 1. The maximum absolute atomic E-state index is 13.9. The Labute approximate surface area is 109 Å². The molecular formula is C15H23FN2. The molecule has 1 heterocycles. The van der Waals surface area contributed by atoms with E-state index >= 15 is 0 Å². The van der Waals surface area contributed by atoms with Crippen LogP contribution in [-0.2, 0) is 6.42 Å². The summed E-state index contributed by atoms with van der Waals surface area (Å²) in [7, 11) is 0. The number of hydrogen-bond donors (Lipinski definition) is 1. The first-order valence-electron chi connectivity index (χ1n) is 6.94. The van der Waals surface area contributed by atoms with Gasteiger partial charge in [0.25, 0.3) is 0 Å². The molecule has 1 aliphatic heterocycles. The number of hydrogen-bond acceptors (Lipinski definition) is 2.